The Balaban J connectivity index is 0.00000169. The first kappa shape index (κ1) is 22.4. The molecule has 3 rings (SSSR count). The fraction of sp³-hybridized carbons (Fsp3) is 0.444. The summed E-state index contributed by atoms with van der Waals surface area (Å²) < 4.78 is 7.32. The van der Waals surface area contributed by atoms with Gasteiger partial charge in [0.1, 0.15) is 0 Å². The van der Waals surface area contributed by atoms with Crippen LogP contribution in [0.25, 0.3) is 5.69 Å². The van der Waals surface area contributed by atoms with E-state index in [-0.39, 0.29) is 36.8 Å². The van der Waals surface area contributed by atoms with E-state index in [1.54, 1.807) is 12.5 Å². The molecule has 1 fully saturated rings. The van der Waals surface area contributed by atoms with Crippen molar-refractivity contribution in [1.29, 1.82) is 0 Å². The van der Waals surface area contributed by atoms with Gasteiger partial charge in [-0.3, -0.25) is 4.79 Å². The Morgan fingerprint density at radius 1 is 1.38 bits per heavy atom. The van der Waals surface area contributed by atoms with Crippen molar-refractivity contribution in [2.75, 3.05) is 19.8 Å². The van der Waals surface area contributed by atoms with Crippen molar-refractivity contribution < 1.29 is 9.53 Å². The molecule has 0 spiro atoms. The van der Waals surface area contributed by atoms with Crippen LogP contribution >= 0.6 is 24.8 Å². The van der Waals surface area contributed by atoms with Crippen molar-refractivity contribution in [1.82, 2.24) is 14.9 Å². The summed E-state index contributed by atoms with van der Waals surface area (Å²) in [5, 5.41) is 3.13. The molecule has 1 atom stereocenters. The summed E-state index contributed by atoms with van der Waals surface area (Å²) in [6.45, 7) is 3.53. The Hall–Kier alpha value is -1.60. The largest absolute Gasteiger partial charge is 0.381 e. The average Bonchev–Trinajstić information content (AvgIpc) is 3.17. The van der Waals surface area contributed by atoms with Crippen LogP contribution in [0, 0.1) is 5.41 Å². The van der Waals surface area contributed by atoms with Gasteiger partial charge in [0.15, 0.2) is 0 Å². The number of aromatic nitrogens is 2. The zero-order valence-corrected chi connectivity index (χ0v) is 16.4. The van der Waals surface area contributed by atoms with Gasteiger partial charge >= 0.3 is 0 Å². The number of benzene rings is 1. The van der Waals surface area contributed by atoms with Crippen molar-refractivity contribution in [2.24, 2.45) is 11.1 Å². The van der Waals surface area contributed by atoms with Crippen molar-refractivity contribution >= 4 is 30.7 Å². The minimum absolute atomic E-state index is 0. The third-order valence-corrected chi connectivity index (χ3v) is 4.84. The number of rotatable bonds is 5. The highest BCUT2D eigenvalue weighted by Gasteiger charge is 2.39. The van der Waals surface area contributed by atoms with Crippen LogP contribution in [0.2, 0.25) is 0 Å². The Kier molecular flexibility index (Phi) is 8.56. The lowest BCUT2D eigenvalue weighted by Gasteiger charge is -2.35. The molecule has 1 aromatic heterocycles. The van der Waals surface area contributed by atoms with Crippen LogP contribution in [0.4, 0.5) is 0 Å². The van der Waals surface area contributed by atoms with E-state index in [0.29, 0.717) is 32.6 Å². The van der Waals surface area contributed by atoms with Gasteiger partial charge in [-0.1, -0.05) is 12.1 Å². The Labute approximate surface area is 166 Å². The third-order valence-electron chi connectivity index (χ3n) is 4.84. The van der Waals surface area contributed by atoms with Crippen LogP contribution in [-0.4, -0.2) is 35.2 Å². The molecule has 1 amide bonds. The number of nitrogens with two attached hydrogens (primary N) is 1. The van der Waals surface area contributed by atoms with Crippen LogP contribution in [0.3, 0.4) is 0 Å². The average molecular weight is 401 g/mol. The number of hydrogen-bond acceptors (Lipinski definition) is 4. The quantitative estimate of drug-likeness (QED) is 0.807. The zero-order chi connectivity index (χ0) is 17.0. The van der Waals surface area contributed by atoms with Crippen molar-refractivity contribution in [3.05, 3.63) is 48.5 Å². The van der Waals surface area contributed by atoms with E-state index < -0.39 is 5.41 Å². The van der Waals surface area contributed by atoms with Crippen LogP contribution in [0.5, 0.6) is 0 Å². The number of carbonyl (C=O) groups excluding carboxylic acids is 1. The molecule has 0 saturated carbocycles. The maximum absolute atomic E-state index is 12.8. The topological polar surface area (TPSA) is 82.2 Å². The molecule has 0 aliphatic carbocycles. The van der Waals surface area contributed by atoms with Crippen molar-refractivity contribution in [3.63, 3.8) is 0 Å². The molecular formula is C18H26Cl2N4O2. The second-order valence-electron chi connectivity index (χ2n) is 6.36. The van der Waals surface area contributed by atoms with Crippen LogP contribution in [0.15, 0.2) is 43.0 Å². The number of nitrogens with zero attached hydrogens (tertiary/aromatic N) is 2. The lowest BCUT2D eigenvalue weighted by molar-refractivity contribution is -0.136. The normalized spacial score (nSPS) is 16.7. The van der Waals surface area contributed by atoms with Crippen molar-refractivity contribution in [2.45, 2.75) is 25.8 Å². The maximum Gasteiger partial charge on any atom is 0.228 e. The minimum atomic E-state index is -0.505. The van der Waals surface area contributed by atoms with E-state index >= 15 is 0 Å². The molecule has 1 saturated heterocycles. The molecule has 26 heavy (non-hydrogen) atoms. The fourth-order valence-electron chi connectivity index (χ4n) is 3.09. The maximum atomic E-state index is 12.8. The number of nitrogens with one attached hydrogen (secondary N) is 1. The highest BCUT2D eigenvalue weighted by atomic mass is 35.5. The third kappa shape index (κ3) is 4.76. The molecule has 1 unspecified atom stereocenters. The standard InChI is InChI=1S/C18H24N4O2.2ClH/c1-14(21-17(23)18(12-19)5-9-24-10-6-18)15-3-2-4-16(11-15)22-8-7-20-13-22;;/h2-4,7-8,11,13-14H,5-6,9-10,12,19H2,1H3,(H,21,23);2*1H. The number of ether oxygens (including phenoxy) is 1. The predicted octanol–water partition coefficient (Wildman–Crippen LogP) is 2.65. The van der Waals surface area contributed by atoms with E-state index in [1.807, 2.05) is 35.9 Å². The first-order valence-electron chi connectivity index (χ1n) is 8.32. The summed E-state index contributed by atoms with van der Waals surface area (Å²) in [7, 11) is 0. The van der Waals surface area contributed by atoms with E-state index in [1.165, 1.54) is 0 Å². The molecule has 2 heterocycles. The van der Waals surface area contributed by atoms with Crippen molar-refractivity contribution in [3.8, 4) is 5.69 Å². The second kappa shape index (κ2) is 9.92. The predicted molar refractivity (Wildman–Crippen MR) is 106 cm³/mol. The monoisotopic (exact) mass is 400 g/mol. The van der Waals surface area contributed by atoms with Gasteiger partial charge in [-0.25, -0.2) is 4.98 Å². The summed E-state index contributed by atoms with van der Waals surface area (Å²) in [4.78, 5) is 16.9. The highest BCUT2D eigenvalue weighted by molar-refractivity contribution is 5.85. The Morgan fingerprint density at radius 3 is 2.73 bits per heavy atom. The molecule has 0 bridgehead atoms. The molecule has 2 aromatic rings. The van der Waals surface area contributed by atoms with E-state index in [9.17, 15) is 4.79 Å². The molecule has 144 valence electrons. The molecular weight excluding hydrogens is 375 g/mol. The van der Waals surface area contributed by atoms with E-state index in [2.05, 4.69) is 16.4 Å². The molecule has 1 aliphatic heterocycles. The van der Waals surface area contributed by atoms with Gasteiger partial charge in [0, 0.05) is 37.8 Å². The van der Waals surface area contributed by atoms with Gasteiger partial charge in [0.25, 0.3) is 0 Å². The van der Waals surface area contributed by atoms with Gasteiger partial charge < -0.3 is 20.4 Å². The number of amides is 1. The van der Waals surface area contributed by atoms with Crippen LogP contribution in [0.1, 0.15) is 31.4 Å². The number of hydrogen-bond donors (Lipinski definition) is 2. The van der Waals surface area contributed by atoms with Crippen LogP contribution < -0.4 is 11.1 Å². The molecule has 8 heteroatoms. The van der Waals surface area contributed by atoms with Gasteiger partial charge in [0.05, 0.1) is 17.8 Å². The summed E-state index contributed by atoms with van der Waals surface area (Å²) in [6, 6.07) is 7.99. The number of imidazole rings is 1. The van der Waals surface area contributed by atoms with Crippen LogP contribution in [-0.2, 0) is 9.53 Å². The molecule has 1 aliphatic rings. The van der Waals surface area contributed by atoms with E-state index in [4.69, 9.17) is 10.5 Å². The minimum Gasteiger partial charge on any atom is -0.381 e. The molecule has 1 aromatic carbocycles. The Morgan fingerprint density at radius 2 is 2.12 bits per heavy atom. The summed E-state index contributed by atoms with van der Waals surface area (Å²) in [5.41, 5.74) is 7.48. The second-order valence-corrected chi connectivity index (χ2v) is 6.36. The summed E-state index contributed by atoms with van der Waals surface area (Å²) in [5.74, 6) is 0.0221. The summed E-state index contributed by atoms with van der Waals surface area (Å²) in [6.07, 6.45) is 6.75. The number of halogens is 2. The van der Waals surface area contributed by atoms with Gasteiger partial charge in [-0.15, -0.1) is 24.8 Å². The lowest BCUT2D eigenvalue weighted by Crippen LogP contribution is -2.49. The van der Waals surface area contributed by atoms with Gasteiger partial charge in [0.2, 0.25) is 5.91 Å². The smallest absolute Gasteiger partial charge is 0.228 e. The zero-order valence-electron chi connectivity index (χ0n) is 14.8. The highest BCUT2D eigenvalue weighted by Crippen LogP contribution is 2.30. The first-order chi connectivity index (χ1) is 11.6. The molecule has 3 N–H and O–H groups in total. The lowest BCUT2D eigenvalue weighted by atomic mass is 9.79. The molecule has 6 nitrogen and oxygen atoms in total. The van der Waals surface area contributed by atoms with E-state index in [0.717, 1.165) is 11.3 Å². The van der Waals surface area contributed by atoms with Gasteiger partial charge in [-0.2, -0.15) is 0 Å². The fourth-order valence-corrected chi connectivity index (χ4v) is 3.09. The first-order valence-corrected chi connectivity index (χ1v) is 8.32. The number of carbonyl (C=O) groups is 1. The summed E-state index contributed by atoms with van der Waals surface area (Å²) >= 11 is 0. The Bertz CT molecular complexity index is 688. The van der Waals surface area contributed by atoms with Gasteiger partial charge in [-0.05, 0) is 37.5 Å². The molecule has 0 radical (unpaired) electrons. The SMILES string of the molecule is CC(NC(=O)C1(CN)CCOCC1)c1cccc(-n2ccnc2)c1.Cl.Cl.